The third kappa shape index (κ3) is 2.98. The molecule has 2 N–H and O–H groups in total. The van der Waals surface area contributed by atoms with Gasteiger partial charge in [-0.15, -0.1) is 0 Å². The number of benzene rings is 1. The Bertz CT molecular complexity index is 594. The number of aromatic nitrogens is 2. The van der Waals surface area contributed by atoms with Crippen molar-refractivity contribution in [2.24, 2.45) is 24.6 Å². The van der Waals surface area contributed by atoms with Gasteiger partial charge >= 0.3 is 0 Å². The molecule has 1 aromatic heterocycles. The summed E-state index contributed by atoms with van der Waals surface area (Å²) in [6, 6.07) is 8.57. The van der Waals surface area contributed by atoms with Crippen LogP contribution in [0.4, 0.5) is 0 Å². The molecule has 0 saturated heterocycles. The van der Waals surface area contributed by atoms with Gasteiger partial charge in [-0.1, -0.05) is 38.3 Å². The molecule has 0 amide bonds. The van der Waals surface area contributed by atoms with E-state index in [-0.39, 0.29) is 6.04 Å². The summed E-state index contributed by atoms with van der Waals surface area (Å²) in [6.45, 7) is 2.31. The third-order valence-corrected chi connectivity index (χ3v) is 5.37. The minimum atomic E-state index is 0.248. The molecule has 2 aromatic rings. The standard InChI is InChI=1S/C18H27N3/c1-3-13-8-10-14(11-9-13)15(19)12-18-20-16-6-4-5-7-17(16)21(18)2/h4-7,13-15H,3,8-12,19H2,1-2H3. The van der Waals surface area contributed by atoms with Gasteiger partial charge in [-0.2, -0.15) is 0 Å². The maximum absolute atomic E-state index is 6.50. The molecule has 1 fully saturated rings. The fraction of sp³-hybridized carbons (Fsp3) is 0.611. The molecule has 3 heteroatoms. The molecule has 0 spiro atoms. The lowest BCUT2D eigenvalue weighted by Gasteiger charge is -2.31. The summed E-state index contributed by atoms with van der Waals surface area (Å²) >= 11 is 0. The molecule has 1 atom stereocenters. The van der Waals surface area contributed by atoms with Gasteiger partial charge in [0, 0.05) is 19.5 Å². The van der Waals surface area contributed by atoms with Crippen LogP contribution in [0.2, 0.25) is 0 Å². The van der Waals surface area contributed by atoms with Gasteiger partial charge in [0.15, 0.2) is 0 Å². The van der Waals surface area contributed by atoms with E-state index in [9.17, 15) is 0 Å². The number of imidazole rings is 1. The first-order valence-electron chi connectivity index (χ1n) is 8.35. The molecule has 1 aliphatic carbocycles. The van der Waals surface area contributed by atoms with Crippen LogP contribution in [0, 0.1) is 11.8 Å². The molecule has 0 aliphatic heterocycles. The largest absolute Gasteiger partial charge is 0.331 e. The highest BCUT2D eigenvalue weighted by Crippen LogP contribution is 2.32. The molecule has 114 valence electrons. The van der Waals surface area contributed by atoms with Crippen LogP contribution in [0.25, 0.3) is 11.0 Å². The molecule has 21 heavy (non-hydrogen) atoms. The van der Waals surface area contributed by atoms with Crippen LogP contribution in [0.3, 0.4) is 0 Å². The SMILES string of the molecule is CCC1CCC(C(N)Cc2nc3ccccc3n2C)CC1. The maximum Gasteiger partial charge on any atom is 0.111 e. The van der Waals surface area contributed by atoms with Crippen molar-refractivity contribution < 1.29 is 0 Å². The fourth-order valence-electron chi connectivity index (χ4n) is 3.78. The molecular weight excluding hydrogens is 258 g/mol. The van der Waals surface area contributed by atoms with Gasteiger partial charge in [0.1, 0.15) is 5.82 Å². The Morgan fingerprint density at radius 2 is 1.95 bits per heavy atom. The summed E-state index contributed by atoms with van der Waals surface area (Å²) < 4.78 is 2.20. The highest BCUT2D eigenvalue weighted by Gasteiger charge is 2.25. The first-order valence-corrected chi connectivity index (χ1v) is 8.35. The normalized spacial score (nSPS) is 24.3. The number of rotatable bonds is 4. The number of hydrogen-bond donors (Lipinski definition) is 1. The molecule has 1 heterocycles. The average Bonchev–Trinajstić information content (AvgIpc) is 2.84. The van der Waals surface area contributed by atoms with E-state index >= 15 is 0 Å². The molecule has 3 nitrogen and oxygen atoms in total. The zero-order valence-electron chi connectivity index (χ0n) is 13.3. The third-order valence-electron chi connectivity index (χ3n) is 5.37. The molecular formula is C18H27N3. The first-order chi connectivity index (χ1) is 10.2. The summed E-state index contributed by atoms with van der Waals surface area (Å²) in [5.41, 5.74) is 8.79. The van der Waals surface area contributed by atoms with Crippen LogP contribution in [-0.2, 0) is 13.5 Å². The molecule has 3 rings (SSSR count). The van der Waals surface area contributed by atoms with E-state index in [1.54, 1.807) is 0 Å². The van der Waals surface area contributed by atoms with Crippen LogP contribution in [0.5, 0.6) is 0 Å². The highest BCUT2D eigenvalue weighted by molar-refractivity contribution is 5.75. The van der Waals surface area contributed by atoms with E-state index in [4.69, 9.17) is 10.7 Å². The Labute approximate surface area is 127 Å². The number of fused-ring (bicyclic) bond motifs is 1. The van der Waals surface area contributed by atoms with Crippen molar-refractivity contribution in [1.82, 2.24) is 9.55 Å². The minimum absolute atomic E-state index is 0.248. The van der Waals surface area contributed by atoms with Gasteiger partial charge in [-0.3, -0.25) is 0 Å². The Balaban J connectivity index is 1.69. The lowest BCUT2D eigenvalue weighted by molar-refractivity contribution is 0.236. The predicted octanol–water partition coefficient (Wildman–Crippen LogP) is 3.66. The van der Waals surface area contributed by atoms with Gasteiger partial charge in [0.2, 0.25) is 0 Å². The van der Waals surface area contributed by atoms with E-state index < -0.39 is 0 Å². The van der Waals surface area contributed by atoms with Crippen molar-refractivity contribution in [2.75, 3.05) is 0 Å². The fourth-order valence-corrected chi connectivity index (χ4v) is 3.78. The Hall–Kier alpha value is -1.35. The van der Waals surface area contributed by atoms with E-state index in [1.807, 2.05) is 6.07 Å². The van der Waals surface area contributed by atoms with Crippen LogP contribution in [-0.4, -0.2) is 15.6 Å². The zero-order valence-corrected chi connectivity index (χ0v) is 13.3. The second-order valence-electron chi connectivity index (χ2n) is 6.63. The number of nitrogens with two attached hydrogens (primary N) is 1. The molecule has 0 bridgehead atoms. The molecule has 1 aliphatic rings. The van der Waals surface area contributed by atoms with E-state index in [2.05, 4.69) is 36.7 Å². The van der Waals surface area contributed by atoms with Crippen molar-refractivity contribution in [2.45, 2.75) is 51.5 Å². The molecule has 1 saturated carbocycles. The van der Waals surface area contributed by atoms with Crippen molar-refractivity contribution >= 4 is 11.0 Å². The Morgan fingerprint density at radius 3 is 2.62 bits per heavy atom. The summed E-state index contributed by atoms with van der Waals surface area (Å²) in [5.74, 6) is 2.73. The zero-order chi connectivity index (χ0) is 14.8. The van der Waals surface area contributed by atoms with Crippen LogP contribution in [0.1, 0.15) is 44.9 Å². The van der Waals surface area contributed by atoms with E-state index in [0.717, 1.165) is 23.7 Å². The Morgan fingerprint density at radius 1 is 1.24 bits per heavy atom. The first kappa shape index (κ1) is 14.6. The van der Waals surface area contributed by atoms with Gasteiger partial charge in [0.05, 0.1) is 11.0 Å². The van der Waals surface area contributed by atoms with E-state index in [0.29, 0.717) is 5.92 Å². The van der Waals surface area contributed by atoms with Crippen molar-refractivity contribution in [3.8, 4) is 0 Å². The topological polar surface area (TPSA) is 43.8 Å². The van der Waals surface area contributed by atoms with Gasteiger partial charge in [0.25, 0.3) is 0 Å². The molecule has 1 aromatic carbocycles. The molecule has 0 radical (unpaired) electrons. The molecule has 1 unspecified atom stereocenters. The lowest BCUT2D eigenvalue weighted by Crippen LogP contribution is -2.35. The average molecular weight is 285 g/mol. The van der Waals surface area contributed by atoms with Crippen LogP contribution >= 0.6 is 0 Å². The summed E-state index contributed by atoms with van der Waals surface area (Å²) in [5, 5.41) is 0. The highest BCUT2D eigenvalue weighted by atomic mass is 15.1. The second-order valence-corrected chi connectivity index (χ2v) is 6.63. The van der Waals surface area contributed by atoms with E-state index in [1.165, 1.54) is 37.6 Å². The monoisotopic (exact) mass is 285 g/mol. The summed E-state index contributed by atoms with van der Waals surface area (Å²) in [4.78, 5) is 4.76. The van der Waals surface area contributed by atoms with Gasteiger partial charge in [-0.25, -0.2) is 4.98 Å². The Kier molecular flexibility index (Phi) is 4.29. The second kappa shape index (κ2) is 6.18. The number of hydrogen-bond acceptors (Lipinski definition) is 2. The maximum atomic E-state index is 6.50. The minimum Gasteiger partial charge on any atom is -0.331 e. The van der Waals surface area contributed by atoms with Gasteiger partial charge < -0.3 is 10.3 Å². The van der Waals surface area contributed by atoms with Crippen LogP contribution < -0.4 is 5.73 Å². The smallest absolute Gasteiger partial charge is 0.111 e. The number of nitrogens with zero attached hydrogens (tertiary/aromatic N) is 2. The van der Waals surface area contributed by atoms with Crippen molar-refractivity contribution in [3.63, 3.8) is 0 Å². The van der Waals surface area contributed by atoms with Gasteiger partial charge in [-0.05, 0) is 36.8 Å². The summed E-state index contributed by atoms with van der Waals surface area (Å²) in [6.07, 6.45) is 7.53. The summed E-state index contributed by atoms with van der Waals surface area (Å²) in [7, 11) is 2.10. The lowest BCUT2D eigenvalue weighted by atomic mass is 9.77. The van der Waals surface area contributed by atoms with Crippen LogP contribution in [0.15, 0.2) is 24.3 Å². The van der Waals surface area contributed by atoms with Crippen molar-refractivity contribution in [1.29, 1.82) is 0 Å². The number of para-hydroxylation sites is 2. The van der Waals surface area contributed by atoms with Crippen molar-refractivity contribution in [3.05, 3.63) is 30.1 Å². The predicted molar refractivity (Wildman–Crippen MR) is 88.1 cm³/mol. The number of aryl methyl sites for hydroxylation is 1. The quantitative estimate of drug-likeness (QED) is 0.931.